The van der Waals surface area contributed by atoms with Crippen molar-refractivity contribution in [3.05, 3.63) is 65.7 Å². The first-order valence-electron chi connectivity index (χ1n) is 9.54. The van der Waals surface area contributed by atoms with E-state index in [-0.39, 0.29) is 30.4 Å². The molecule has 2 atom stereocenters. The van der Waals surface area contributed by atoms with Crippen molar-refractivity contribution < 1.29 is 19.5 Å². The van der Waals surface area contributed by atoms with E-state index in [0.717, 1.165) is 11.1 Å². The average Bonchev–Trinajstić information content (AvgIpc) is 2.66. The number of nitrogens with one attached hydrogen (secondary N) is 3. The number of aliphatic carboxylic acids is 1. The van der Waals surface area contributed by atoms with E-state index in [1.165, 1.54) is 6.92 Å². The Kier molecular flexibility index (Phi) is 8.21. The zero-order chi connectivity index (χ0) is 21.2. The average molecular weight is 397 g/mol. The molecule has 2 aromatic rings. The van der Waals surface area contributed by atoms with Crippen molar-refractivity contribution >= 4 is 23.6 Å². The van der Waals surface area contributed by atoms with Crippen LogP contribution in [0, 0.1) is 0 Å². The number of carbonyl (C=O) groups excluding carboxylic acids is 2. The largest absolute Gasteiger partial charge is 0.481 e. The molecule has 0 aromatic heterocycles. The first kappa shape index (κ1) is 21.9. The SMILES string of the molecule is CC(=O)Nc1cccc(C(C)NC(=O)NC(CCC(=O)O)Cc2ccccc2)c1. The molecular formula is C22H27N3O4. The Morgan fingerprint density at radius 1 is 1.00 bits per heavy atom. The summed E-state index contributed by atoms with van der Waals surface area (Å²) in [5.41, 5.74) is 2.53. The highest BCUT2D eigenvalue weighted by Crippen LogP contribution is 2.17. The second-order valence-corrected chi connectivity index (χ2v) is 6.97. The topological polar surface area (TPSA) is 108 Å². The van der Waals surface area contributed by atoms with E-state index in [0.29, 0.717) is 18.5 Å². The van der Waals surface area contributed by atoms with Crippen molar-refractivity contribution in [2.45, 2.75) is 45.2 Å². The number of urea groups is 1. The van der Waals surface area contributed by atoms with Gasteiger partial charge < -0.3 is 21.1 Å². The summed E-state index contributed by atoms with van der Waals surface area (Å²) in [5, 5.41) is 17.5. The lowest BCUT2D eigenvalue weighted by atomic mass is 10.0. The van der Waals surface area contributed by atoms with Gasteiger partial charge in [-0.15, -0.1) is 0 Å². The Bertz CT molecular complexity index is 839. The maximum absolute atomic E-state index is 12.5. The van der Waals surface area contributed by atoms with Gasteiger partial charge in [-0.25, -0.2) is 4.79 Å². The van der Waals surface area contributed by atoms with Crippen LogP contribution in [0.15, 0.2) is 54.6 Å². The summed E-state index contributed by atoms with van der Waals surface area (Å²) in [4.78, 5) is 34.7. The molecule has 4 N–H and O–H groups in total. The molecule has 0 spiro atoms. The molecule has 0 radical (unpaired) electrons. The number of benzene rings is 2. The summed E-state index contributed by atoms with van der Waals surface area (Å²) in [6.45, 7) is 3.28. The molecule has 0 aliphatic heterocycles. The highest BCUT2D eigenvalue weighted by atomic mass is 16.4. The summed E-state index contributed by atoms with van der Waals surface area (Å²) in [5.74, 6) is -1.06. The second kappa shape index (κ2) is 10.8. The fourth-order valence-corrected chi connectivity index (χ4v) is 3.02. The van der Waals surface area contributed by atoms with Crippen LogP contribution in [-0.4, -0.2) is 29.1 Å². The zero-order valence-electron chi connectivity index (χ0n) is 16.6. The van der Waals surface area contributed by atoms with Crippen molar-refractivity contribution in [3.8, 4) is 0 Å². The number of hydrogen-bond acceptors (Lipinski definition) is 3. The van der Waals surface area contributed by atoms with Crippen molar-refractivity contribution in [2.24, 2.45) is 0 Å². The molecule has 0 saturated heterocycles. The minimum absolute atomic E-state index is 0.0217. The molecule has 2 rings (SSSR count). The van der Waals surface area contributed by atoms with E-state index >= 15 is 0 Å². The van der Waals surface area contributed by atoms with Crippen LogP contribution in [-0.2, 0) is 16.0 Å². The van der Waals surface area contributed by atoms with E-state index < -0.39 is 5.97 Å². The standard InChI is InChI=1S/C22H27N3O4/c1-15(18-9-6-10-19(14-18)24-16(2)26)23-22(29)25-20(11-12-21(27)28)13-17-7-4-3-5-8-17/h3-10,14-15,20H,11-13H2,1-2H3,(H,24,26)(H,27,28)(H2,23,25,29). The molecule has 2 aromatic carbocycles. The smallest absolute Gasteiger partial charge is 0.315 e. The monoisotopic (exact) mass is 397 g/mol. The third kappa shape index (κ3) is 8.04. The van der Waals surface area contributed by atoms with Crippen LogP contribution >= 0.6 is 0 Å². The number of anilines is 1. The summed E-state index contributed by atoms with van der Waals surface area (Å²) in [6.07, 6.45) is 0.865. The Hall–Kier alpha value is -3.35. The molecule has 154 valence electrons. The van der Waals surface area contributed by atoms with E-state index in [1.807, 2.05) is 49.4 Å². The van der Waals surface area contributed by atoms with Crippen molar-refractivity contribution in [1.29, 1.82) is 0 Å². The minimum atomic E-state index is -0.895. The number of hydrogen-bond donors (Lipinski definition) is 4. The lowest BCUT2D eigenvalue weighted by Crippen LogP contribution is -2.44. The maximum Gasteiger partial charge on any atom is 0.315 e. The summed E-state index contributed by atoms with van der Waals surface area (Å²) < 4.78 is 0. The molecule has 0 aliphatic carbocycles. The zero-order valence-corrected chi connectivity index (χ0v) is 16.6. The highest BCUT2D eigenvalue weighted by Gasteiger charge is 2.17. The van der Waals surface area contributed by atoms with E-state index in [2.05, 4.69) is 16.0 Å². The predicted octanol–water partition coefficient (Wildman–Crippen LogP) is 3.48. The molecule has 0 aliphatic rings. The molecule has 7 nitrogen and oxygen atoms in total. The van der Waals surface area contributed by atoms with Gasteiger partial charge in [0.05, 0.1) is 6.04 Å². The first-order chi connectivity index (χ1) is 13.8. The predicted molar refractivity (Wildman–Crippen MR) is 112 cm³/mol. The fourth-order valence-electron chi connectivity index (χ4n) is 3.02. The maximum atomic E-state index is 12.5. The Balaban J connectivity index is 1.98. The van der Waals surface area contributed by atoms with Gasteiger partial charge in [-0.2, -0.15) is 0 Å². The molecule has 3 amide bonds. The van der Waals surface area contributed by atoms with Crippen LogP contribution in [0.2, 0.25) is 0 Å². The van der Waals surface area contributed by atoms with Gasteiger partial charge in [0.2, 0.25) is 5.91 Å². The second-order valence-electron chi connectivity index (χ2n) is 6.97. The summed E-state index contributed by atoms with van der Waals surface area (Å²) >= 11 is 0. The van der Waals surface area contributed by atoms with Gasteiger partial charge in [-0.3, -0.25) is 9.59 Å². The highest BCUT2D eigenvalue weighted by molar-refractivity contribution is 5.88. The van der Waals surface area contributed by atoms with E-state index in [9.17, 15) is 14.4 Å². The first-order valence-corrected chi connectivity index (χ1v) is 9.54. The minimum Gasteiger partial charge on any atom is -0.481 e. The Labute approximate surface area is 170 Å². The van der Waals surface area contributed by atoms with Crippen LogP contribution in [0.1, 0.15) is 43.9 Å². The van der Waals surface area contributed by atoms with Gasteiger partial charge in [-0.05, 0) is 43.0 Å². The number of carbonyl (C=O) groups is 3. The molecular weight excluding hydrogens is 370 g/mol. The lowest BCUT2D eigenvalue weighted by Gasteiger charge is -2.21. The van der Waals surface area contributed by atoms with Crippen molar-refractivity contribution in [3.63, 3.8) is 0 Å². The Morgan fingerprint density at radius 3 is 2.38 bits per heavy atom. The van der Waals surface area contributed by atoms with Crippen molar-refractivity contribution in [2.75, 3.05) is 5.32 Å². The normalized spacial score (nSPS) is 12.5. The Morgan fingerprint density at radius 2 is 1.72 bits per heavy atom. The van der Waals surface area contributed by atoms with Crippen molar-refractivity contribution in [1.82, 2.24) is 10.6 Å². The van der Waals surface area contributed by atoms with Gasteiger partial charge in [0.15, 0.2) is 0 Å². The number of carboxylic acid groups (broad SMARTS) is 1. The van der Waals surface area contributed by atoms with Crippen LogP contribution in [0.25, 0.3) is 0 Å². The van der Waals surface area contributed by atoms with Gasteiger partial charge >= 0.3 is 12.0 Å². The van der Waals surface area contributed by atoms with E-state index in [4.69, 9.17) is 5.11 Å². The third-order valence-electron chi connectivity index (χ3n) is 4.42. The summed E-state index contributed by atoms with van der Waals surface area (Å²) in [7, 11) is 0. The summed E-state index contributed by atoms with van der Waals surface area (Å²) in [6, 6.07) is 15.9. The lowest BCUT2D eigenvalue weighted by molar-refractivity contribution is -0.137. The molecule has 0 fully saturated rings. The molecule has 7 heteroatoms. The fraction of sp³-hybridized carbons (Fsp3) is 0.318. The van der Waals surface area contributed by atoms with Crippen LogP contribution in [0.5, 0.6) is 0 Å². The van der Waals surface area contributed by atoms with Crippen LogP contribution in [0.3, 0.4) is 0 Å². The van der Waals surface area contributed by atoms with Gasteiger partial charge in [0.25, 0.3) is 0 Å². The molecule has 0 heterocycles. The number of rotatable bonds is 9. The van der Waals surface area contributed by atoms with Gasteiger partial charge in [0, 0.05) is 25.1 Å². The van der Waals surface area contributed by atoms with Gasteiger partial charge in [0.1, 0.15) is 0 Å². The number of amides is 3. The third-order valence-corrected chi connectivity index (χ3v) is 4.42. The van der Waals surface area contributed by atoms with Crippen LogP contribution in [0.4, 0.5) is 10.5 Å². The molecule has 0 bridgehead atoms. The van der Waals surface area contributed by atoms with E-state index in [1.54, 1.807) is 12.1 Å². The van der Waals surface area contributed by atoms with Gasteiger partial charge in [-0.1, -0.05) is 42.5 Å². The molecule has 2 unspecified atom stereocenters. The molecule has 29 heavy (non-hydrogen) atoms. The number of carboxylic acids is 1. The quantitative estimate of drug-likeness (QED) is 0.519. The molecule has 0 saturated carbocycles. The van der Waals surface area contributed by atoms with Crippen LogP contribution < -0.4 is 16.0 Å².